The summed E-state index contributed by atoms with van der Waals surface area (Å²) in [4.78, 5) is 33.3. The fraction of sp³-hybridized carbons (Fsp3) is 0.378. The number of rotatable bonds is 16. The van der Waals surface area contributed by atoms with E-state index in [4.69, 9.17) is 4.42 Å². The van der Waals surface area contributed by atoms with E-state index >= 15 is 0 Å². The van der Waals surface area contributed by atoms with Gasteiger partial charge in [-0.15, -0.1) is 0 Å². The van der Waals surface area contributed by atoms with E-state index < -0.39 is 29.7 Å². The van der Waals surface area contributed by atoms with E-state index in [9.17, 15) is 23.5 Å². The number of aromatic nitrogens is 1. The van der Waals surface area contributed by atoms with Crippen LogP contribution in [0.4, 0.5) is 8.78 Å². The molecule has 250 valence electrons. The predicted octanol–water partition coefficient (Wildman–Crippen LogP) is 6.50. The Kier molecular flexibility index (Phi) is 12.8. The van der Waals surface area contributed by atoms with Crippen molar-refractivity contribution in [2.45, 2.75) is 71.6 Å². The van der Waals surface area contributed by atoms with Crippen LogP contribution in [0.2, 0.25) is 0 Å². The minimum Gasteiger partial charge on any atom is -0.445 e. The number of nitrogens with zero attached hydrogens (tertiary/aromatic N) is 2. The number of hydrogen-bond donors (Lipinski definition) is 3. The topological polar surface area (TPSA) is 108 Å². The second-order valence-corrected chi connectivity index (χ2v) is 12.1. The van der Waals surface area contributed by atoms with Crippen LogP contribution in [0.5, 0.6) is 0 Å². The fourth-order valence-electron chi connectivity index (χ4n) is 5.50. The maximum atomic E-state index is 14.1. The number of benzene rings is 3. The molecular formula is C37H44F2N4O4. The SMILES string of the molecule is CCCN(CCC)C(=O)c1cc(C(=O)N[C@@H](Cc2cc(F)cc(F)c2)[C@H](O)CNCc2cccc(C(C)C)c2)cc(-c2ncco2)c1. The van der Waals surface area contributed by atoms with Gasteiger partial charge >= 0.3 is 0 Å². The van der Waals surface area contributed by atoms with E-state index in [1.165, 1.54) is 36.2 Å². The minimum atomic E-state index is -1.13. The minimum absolute atomic E-state index is 0.0436. The molecule has 0 aliphatic rings. The van der Waals surface area contributed by atoms with Gasteiger partial charge in [-0.1, -0.05) is 52.0 Å². The van der Waals surface area contributed by atoms with Crippen LogP contribution in [0, 0.1) is 11.6 Å². The fourth-order valence-corrected chi connectivity index (χ4v) is 5.50. The molecule has 0 saturated carbocycles. The molecule has 1 aromatic heterocycles. The maximum Gasteiger partial charge on any atom is 0.253 e. The Morgan fingerprint density at radius 2 is 1.64 bits per heavy atom. The molecule has 10 heteroatoms. The van der Waals surface area contributed by atoms with Gasteiger partial charge in [-0.05, 0) is 72.2 Å². The van der Waals surface area contributed by atoms with Gasteiger partial charge in [-0.25, -0.2) is 13.8 Å². The Morgan fingerprint density at radius 1 is 0.936 bits per heavy atom. The van der Waals surface area contributed by atoms with Crippen molar-refractivity contribution in [2.24, 2.45) is 0 Å². The van der Waals surface area contributed by atoms with E-state index in [1.54, 1.807) is 17.0 Å². The molecule has 0 saturated heterocycles. The summed E-state index contributed by atoms with van der Waals surface area (Å²) < 4.78 is 33.7. The number of carbonyl (C=O) groups excluding carboxylic acids is 2. The zero-order valence-electron chi connectivity index (χ0n) is 27.4. The highest BCUT2D eigenvalue weighted by atomic mass is 19.1. The highest BCUT2D eigenvalue weighted by Gasteiger charge is 2.25. The molecule has 4 aromatic rings. The van der Waals surface area contributed by atoms with Gasteiger partial charge in [0.25, 0.3) is 11.8 Å². The molecule has 8 nitrogen and oxygen atoms in total. The largest absolute Gasteiger partial charge is 0.445 e. The number of hydrogen-bond acceptors (Lipinski definition) is 6. The molecule has 4 rings (SSSR count). The Bertz CT molecular complexity index is 1600. The number of oxazole rings is 1. The third-order valence-electron chi connectivity index (χ3n) is 7.85. The zero-order chi connectivity index (χ0) is 33.9. The lowest BCUT2D eigenvalue weighted by Crippen LogP contribution is -2.48. The van der Waals surface area contributed by atoms with E-state index in [-0.39, 0.29) is 35.9 Å². The molecule has 1 heterocycles. The summed E-state index contributed by atoms with van der Waals surface area (Å²) in [5.41, 5.74) is 3.39. The molecule has 2 atom stereocenters. The Hall–Kier alpha value is -4.41. The maximum absolute atomic E-state index is 14.1. The van der Waals surface area contributed by atoms with Crippen molar-refractivity contribution in [1.29, 1.82) is 0 Å². The van der Waals surface area contributed by atoms with Crippen LogP contribution in [-0.2, 0) is 13.0 Å². The molecule has 0 fully saturated rings. The van der Waals surface area contributed by atoms with Crippen LogP contribution in [-0.4, -0.2) is 58.6 Å². The highest BCUT2D eigenvalue weighted by Crippen LogP contribution is 2.23. The molecule has 2 amide bonds. The lowest BCUT2D eigenvalue weighted by Gasteiger charge is -2.25. The monoisotopic (exact) mass is 646 g/mol. The summed E-state index contributed by atoms with van der Waals surface area (Å²) >= 11 is 0. The van der Waals surface area contributed by atoms with E-state index in [0.29, 0.717) is 36.7 Å². The van der Waals surface area contributed by atoms with Gasteiger partial charge in [-0.3, -0.25) is 9.59 Å². The lowest BCUT2D eigenvalue weighted by atomic mass is 9.98. The summed E-state index contributed by atoms with van der Waals surface area (Å²) in [7, 11) is 0. The van der Waals surface area contributed by atoms with Gasteiger partial charge in [0.05, 0.1) is 18.3 Å². The van der Waals surface area contributed by atoms with Crippen LogP contribution in [0.25, 0.3) is 11.5 Å². The summed E-state index contributed by atoms with van der Waals surface area (Å²) in [6.45, 7) is 9.91. The summed E-state index contributed by atoms with van der Waals surface area (Å²) in [5, 5.41) is 17.4. The second kappa shape index (κ2) is 16.9. The molecule has 0 aliphatic carbocycles. The van der Waals surface area contributed by atoms with Crippen LogP contribution < -0.4 is 10.6 Å². The Labute approximate surface area is 275 Å². The summed E-state index contributed by atoms with van der Waals surface area (Å²) in [6.07, 6.45) is 3.25. The number of amides is 2. The molecule has 3 N–H and O–H groups in total. The van der Waals surface area contributed by atoms with E-state index in [2.05, 4.69) is 41.6 Å². The first kappa shape index (κ1) is 35.4. The van der Waals surface area contributed by atoms with Crippen LogP contribution in [0.15, 0.2) is 77.5 Å². The first-order valence-corrected chi connectivity index (χ1v) is 16.2. The quantitative estimate of drug-likeness (QED) is 0.128. The molecule has 47 heavy (non-hydrogen) atoms. The smallest absolute Gasteiger partial charge is 0.253 e. The van der Waals surface area contributed by atoms with Gasteiger partial charge in [0.15, 0.2) is 0 Å². The average molecular weight is 647 g/mol. The van der Waals surface area contributed by atoms with Gasteiger partial charge in [0.1, 0.15) is 17.9 Å². The summed E-state index contributed by atoms with van der Waals surface area (Å²) in [5.74, 6) is -1.71. The van der Waals surface area contributed by atoms with Crippen molar-refractivity contribution in [3.8, 4) is 11.5 Å². The average Bonchev–Trinajstić information content (AvgIpc) is 3.59. The van der Waals surface area contributed by atoms with Crippen LogP contribution >= 0.6 is 0 Å². The van der Waals surface area contributed by atoms with E-state index in [1.807, 2.05) is 26.0 Å². The van der Waals surface area contributed by atoms with E-state index in [0.717, 1.165) is 24.5 Å². The number of carbonyl (C=O) groups is 2. The van der Waals surface area contributed by atoms with Crippen molar-refractivity contribution in [1.82, 2.24) is 20.5 Å². The Morgan fingerprint density at radius 3 is 2.28 bits per heavy atom. The number of aliphatic hydroxyl groups is 1. The molecule has 0 aliphatic heterocycles. The molecule has 0 bridgehead atoms. The molecule has 0 radical (unpaired) electrons. The Balaban J connectivity index is 1.60. The molecule has 3 aromatic carbocycles. The van der Waals surface area contributed by atoms with Crippen molar-refractivity contribution < 1.29 is 27.9 Å². The van der Waals surface area contributed by atoms with Crippen molar-refractivity contribution >= 4 is 11.8 Å². The van der Waals surface area contributed by atoms with Crippen molar-refractivity contribution in [2.75, 3.05) is 19.6 Å². The first-order valence-electron chi connectivity index (χ1n) is 16.2. The third-order valence-corrected chi connectivity index (χ3v) is 7.85. The lowest BCUT2D eigenvalue weighted by molar-refractivity contribution is 0.0755. The second-order valence-electron chi connectivity index (χ2n) is 12.1. The van der Waals surface area contributed by atoms with Crippen LogP contribution in [0.1, 0.15) is 83.9 Å². The first-order chi connectivity index (χ1) is 22.6. The number of aliphatic hydroxyl groups excluding tert-OH is 1. The third kappa shape index (κ3) is 10.0. The summed E-state index contributed by atoms with van der Waals surface area (Å²) in [6, 6.07) is 15.0. The predicted molar refractivity (Wildman–Crippen MR) is 178 cm³/mol. The van der Waals surface area contributed by atoms with Crippen molar-refractivity contribution in [3.63, 3.8) is 0 Å². The zero-order valence-corrected chi connectivity index (χ0v) is 27.4. The van der Waals surface area contributed by atoms with Gasteiger partial charge in [-0.2, -0.15) is 0 Å². The van der Waals surface area contributed by atoms with Gasteiger partial charge in [0, 0.05) is 48.9 Å². The van der Waals surface area contributed by atoms with Crippen LogP contribution in [0.3, 0.4) is 0 Å². The molecule has 0 spiro atoms. The highest BCUT2D eigenvalue weighted by molar-refractivity contribution is 6.01. The number of nitrogens with one attached hydrogen (secondary N) is 2. The standard InChI is InChI=1S/C37H44F2N4O4/c1-5-11-43(12-6-2)37(46)30-19-28(18-29(20-30)36-41-10-13-47-36)35(45)42-33(17-26-15-31(38)21-32(39)16-26)34(44)23-40-22-25-8-7-9-27(14-25)24(3)4/h7-10,13-16,18-21,24,33-34,40,44H,5-6,11-12,17,22-23H2,1-4H3,(H,42,45)/t33-,34+/m0/s1. The normalized spacial score (nSPS) is 12.6. The van der Waals surface area contributed by atoms with Crippen molar-refractivity contribution in [3.05, 3.63) is 113 Å². The molecule has 0 unspecified atom stereocenters. The van der Waals surface area contributed by atoms with Gasteiger partial charge < -0.3 is 25.1 Å². The number of halogens is 2. The molecular weight excluding hydrogens is 602 g/mol. The van der Waals surface area contributed by atoms with Gasteiger partial charge in [0.2, 0.25) is 5.89 Å².